The zero-order valence-electron chi connectivity index (χ0n) is 13.4. The molecule has 0 saturated heterocycles. The lowest BCUT2D eigenvalue weighted by molar-refractivity contribution is -0.136. The molecule has 0 unspecified atom stereocenters. The standard InChI is InChI=1S/C18H14F4N4/c19-14-7-3-1-5-12(14)11-24-17-23-10-9-16(26-17)25-15-8-4-2-6-13(15)18(20,21)22/h1-10H,11H2,(H2,23,24,25,26). The van der Waals surface area contributed by atoms with E-state index in [-0.39, 0.29) is 29.8 Å². The molecule has 2 N–H and O–H groups in total. The Balaban J connectivity index is 1.75. The summed E-state index contributed by atoms with van der Waals surface area (Å²) in [7, 11) is 0. The van der Waals surface area contributed by atoms with Gasteiger partial charge in [0, 0.05) is 18.3 Å². The van der Waals surface area contributed by atoms with Gasteiger partial charge in [0.05, 0.1) is 11.3 Å². The predicted molar refractivity (Wildman–Crippen MR) is 90.5 cm³/mol. The largest absolute Gasteiger partial charge is 0.418 e. The Kier molecular flexibility index (Phi) is 5.01. The topological polar surface area (TPSA) is 49.8 Å². The van der Waals surface area contributed by atoms with E-state index in [1.165, 1.54) is 36.5 Å². The fourth-order valence-electron chi connectivity index (χ4n) is 2.31. The quantitative estimate of drug-likeness (QED) is 0.628. The van der Waals surface area contributed by atoms with Crippen LogP contribution in [0.25, 0.3) is 0 Å². The van der Waals surface area contributed by atoms with Crippen LogP contribution >= 0.6 is 0 Å². The lowest BCUT2D eigenvalue weighted by Gasteiger charge is -2.14. The molecule has 8 heteroatoms. The van der Waals surface area contributed by atoms with E-state index >= 15 is 0 Å². The van der Waals surface area contributed by atoms with E-state index in [0.29, 0.717) is 5.56 Å². The van der Waals surface area contributed by atoms with E-state index in [1.807, 2.05) is 0 Å². The number of hydrogen-bond donors (Lipinski definition) is 2. The normalized spacial score (nSPS) is 11.2. The van der Waals surface area contributed by atoms with Crippen LogP contribution < -0.4 is 10.6 Å². The molecule has 0 amide bonds. The van der Waals surface area contributed by atoms with Crippen molar-refractivity contribution in [3.05, 3.63) is 77.7 Å². The van der Waals surface area contributed by atoms with Crippen molar-refractivity contribution in [1.29, 1.82) is 0 Å². The van der Waals surface area contributed by atoms with Crippen LogP contribution in [-0.2, 0) is 12.7 Å². The third kappa shape index (κ3) is 4.27. The van der Waals surface area contributed by atoms with Crippen molar-refractivity contribution in [2.45, 2.75) is 12.7 Å². The number of anilines is 3. The van der Waals surface area contributed by atoms with Gasteiger partial charge in [0.1, 0.15) is 11.6 Å². The summed E-state index contributed by atoms with van der Waals surface area (Å²) >= 11 is 0. The molecule has 3 rings (SSSR count). The number of benzene rings is 2. The van der Waals surface area contributed by atoms with E-state index in [9.17, 15) is 17.6 Å². The maximum atomic E-state index is 13.6. The van der Waals surface area contributed by atoms with Crippen LogP contribution in [0.4, 0.5) is 35.0 Å². The number of aromatic nitrogens is 2. The number of hydrogen-bond acceptors (Lipinski definition) is 4. The van der Waals surface area contributed by atoms with E-state index in [1.54, 1.807) is 18.2 Å². The Hall–Kier alpha value is -3.16. The minimum absolute atomic E-state index is 0.112. The summed E-state index contributed by atoms with van der Waals surface area (Å²) < 4.78 is 52.8. The molecule has 134 valence electrons. The first kappa shape index (κ1) is 17.7. The van der Waals surface area contributed by atoms with Gasteiger partial charge < -0.3 is 10.6 Å². The fourth-order valence-corrected chi connectivity index (χ4v) is 2.31. The Morgan fingerprint density at radius 3 is 2.42 bits per heavy atom. The van der Waals surface area contributed by atoms with Crippen molar-refractivity contribution in [2.24, 2.45) is 0 Å². The summed E-state index contributed by atoms with van der Waals surface area (Å²) in [6, 6.07) is 12.8. The molecule has 1 heterocycles. The molecule has 0 aliphatic rings. The highest BCUT2D eigenvalue weighted by Crippen LogP contribution is 2.35. The van der Waals surface area contributed by atoms with Crippen molar-refractivity contribution in [1.82, 2.24) is 9.97 Å². The summed E-state index contributed by atoms with van der Waals surface area (Å²) in [5.41, 5.74) is -0.477. The average Bonchev–Trinajstić information content (AvgIpc) is 2.61. The molecule has 1 aromatic heterocycles. The summed E-state index contributed by atoms with van der Waals surface area (Å²) in [4.78, 5) is 8.10. The minimum Gasteiger partial charge on any atom is -0.350 e. The first-order valence-electron chi connectivity index (χ1n) is 7.67. The lowest BCUT2D eigenvalue weighted by atomic mass is 10.1. The van der Waals surface area contributed by atoms with Gasteiger partial charge in [0.2, 0.25) is 5.95 Å². The number of alkyl halides is 3. The molecule has 0 saturated carbocycles. The molecular weight excluding hydrogens is 348 g/mol. The molecule has 2 aromatic carbocycles. The Labute approximate surface area is 146 Å². The summed E-state index contributed by atoms with van der Waals surface area (Å²) in [5.74, 6) is -0.0103. The van der Waals surface area contributed by atoms with Crippen molar-refractivity contribution >= 4 is 17.5 Å². The van der Waals surface area contributed by atoms with Crippen LogP contribution in [0.1, 0.15) is 11.1 Å². The van der Waals surface area contributed by atoms with Crippen LogP contribution in [-0.4, -0.2) is 9.97 Å². The number of para-hydroxylation sites is 1. The van der Waals surface area contributed by atoms with E-state index in [2.05, 4.69) is 20.6 Å². The molecule has 26 heavy (non-hydrogen) atoms. The van der Waals surface area contributed by atoms with Crippen LogP contribution in [0.3, 0.4) is 0 Å². The maximum Gasteiger partial charge on any atom is 0.418 e. The van der Waals surface area contributed by atoms with Gasteiger partial charge in [-0.25, -0.2) is 9.37 Å². The van der Waals surface area contributed by atoms with Crippen molar-refractivity contribution in [3.63, 3.8) is 0 Å². The van der Waals surface area contributed by atoms with Crippen LogP contribution in [0.2, 0.25) is 0 Å². The zero-order chi connectivity index (χ0) is 18.6. The second kappa shape index (κ2) is 7.38. The molecule has 0 spiro atoms. The molecule has 0 radical (unpaired) electrons. The molecule has 3 aromatic rings. The van der Waals surface area contributed by atoms with Gasteiger partial charge in [-0.1, -0.05) is 30.3 Å². The average molecular weight is 362 g/mol. The van der Waals surface area contributed by atoms with Crippen LogP contribution in [0, 0.1) is 5.82 Å². The smallest absolute Gasteiger partial charge is 0.350 e. The predicted octanol–water partition coefficient (Wildman–Crippen LogP) is 4.99. The minimum atomic E-state index is -4.48. The Morgan fingerprint density at radius 2 is 1.65 bits per heavy atom. The highest BCUT2D eigenvalue weighted by molar-refractivity contribution is 5.61. The lowest BCUT2D eigenvalue weighted by Crippen LogP contribution is -2.10. The summed E-state index contributed by atoms with van der Waals surface area (Å²) in [5, 5.41) is 5.49. The third-order valence-electron chi connectivity index (χ3n) is 3.55. The monoisotopic (exact) mass is 362 g/mol. The van der Waals surface area contributed by atoms with Crippen LogP contribution in [0.15, 0.2) is 60.8 Å². The van der Waals surface area contributed by atoms with E-state index < -0.39 is 11.7 Å². The number of rotatable bonds is 5. The molecule has 0 aliphatic carbocycles. The number of halogens is 4. The Bertz CT molecular complexity index is 896. The van der Waals surface area contributed by atoms with Gasteiger partial charge in [-0.05, 0) is 24.3 Å². The van der Waals surface area contributed by atoms with Gasteiger partial charge in [0.15, 0.2) is 0 Å². The zero-order valence-corrected chi connectivity index (χ0v) is 13.4. The van der Waals surface area contributed by atoms with E-state index in [0.717, 1.165) is 6.07 Å². The van der Waals surface area contributed by atoms with Crippen molar-refractivity contribution in [2.75, 3.05) is 10.6 Å². The fraction of sp³-hybridized carbons (Fsp3) is 0.111. The Morgan fingerprint density at radius 1 is 0.923 bits per heavy atom. The second-order valence-electron chi connectivity index (χ2n) is 5.38. The van der Waals surface area contributed by atoms with Crippen LogP contribution in [0.5, 0.6) is 0 Å². The van der Waals surface area contributed by atoms with Gasteiger partial charge >= 0.3 is 6.18 Å². The number of nitrogens with zero attached hydrogens (tertiary/aromatic N) is 2. The van der Waals surface area contributed by atoms with Crippen molar-refractivity contribution < 1.29 is 17.6 Å². The van der Waals surface area contributed by atoms with Crippen molar-refractivity contribution in [3.8, 4) is 0 Å². The summed E-state index contributed by atoms with van der Waals surface area (Å²) in [6.45, 7) is 0.148. The highest BCUT2D eigenvalue weighted by atomic mass is 19.4. The molecule has 0 aliphatic heterocycles. The van der Waals surface area contributed by atoms with Gasteiger partial charge in [-0.3, -0.25) is 0 Å². The van der Waals surface area contributed by atoms with E-state index in [4.69, 9.17) is 0 Å². The first-order chi connectivity index (χ1) is 12.4. The maximum absolute atomic E-state index is 13.6. The van der Waals surface area contributed by atoms with Gasteiger partial charge in [0.25, 0.3) is 0 Å². The highest BCUT2D eigenvalue weighted by Gasteiger charge is 2.33. The third-order valence-corrected chi connectivity index (χ3v) is 3.55. The molecule has 0 fully saturated rings. The molecule has 0 bridgehead atoms. The first-order valence-corrected chi connectivity index (χ1v) is 7.67. The molecule has 0 atom stereocenters. The molecule has 4 nitrogen and oxygen atoms in total. The molecular formula is C18H14F4N4. The second-order valence-corrected chi connectivity index (χ2v) is 5.38. The number of nitrogens with one attached hydrogen (secondary N) is 2. The van der Waals surface area contributed by atoms with Gasteiger partial charge in [-0.15, -0.1) is 0 Å². The SMILES string of the molecule is Fc1ccccc1CNc1nccc(Nc2ccccc2C(F)(F)F)n1. The van der Waals surface area contributed by atoms with Gasteiger partial charge in [-0.2, -0.15) is 18.2 Å². The summed E-state index contributed by atoms with van der Waals surface area (Å²) in [6.07, 6.45) is -3.09.